The molecule has 0 spiro atoms. The smallest absolute Gasteiger partial charge is 0.355 e. The summed E-state index contributed by atoms with van der Waals surface area (Å²) in [6, 6.07) is 2.42. The van der Waals surface area contributed by atoms with E-state index in [0.717, 1.165) is 0 Å². The van der Waals surface area contributed by atoms with Gasteiger partial charge in [0.15, 0.2) is 0 Å². The first kappa shape index (κ1) is 17.6. The molecule has 8 nitrogen and oxygen atoms in total. The summed E-state index contributed by atoms with van der Waals surface area (Å²) in [5.74, 6) is -1.08. The van der Waals surface area contributed by atoms with Gasteiger partial charge >= 0.3 is 18.0 Å². The Bertz CT molecular complexity index is 677. The van der Waals surface area contributed by atoms with Crippen molar-refractivity contribution in [1.29, 1.82) is 0 Å². The first-order valence-corrected chi connectivity index (χ1v) is 7.74. The van der Waals surface area contributed by atoms with Gasteiger partial charge in [-0.2, -0.15) is 0 Å². The summed E-state index contributed by atoms with van der Waals surface area (Å²) < 4.78 is 11.9. The Hall–Kier alpha value is -2.77. The molecule has 0 radical (unpaired) electrons. The number of amides is 2. The highest BCUT2D eigenvalue weighted by molar-refractivity contribution is 5.95. The summed E-state index contributed by atoms with van der Waals surface area (Å²) in [5, 5.41) is 5.19. The Morgan fingerprint density at radius 3 is 2.58 bits per heavy atom. The van der Waals surface area contributed by atoms with Crippen LogP contribution < -0.4 is 10.6 Å². The second kappa shape index (κ2) is 7.67. The van der Waals surface area contributed by atoms with Gasteiger partial charge in [-0.1, -0.05) is 6.92 Å². The molecule has 0 saturated carbocycles. The van der Waals surface area contributed by atoms with E-state index in [-0.39, 0.29) is 24.5 Å². The number of hydrogen-bond donors (Lipinski definition) is 2. The number of ether oxygens (including phenoxy) is 2. The zero-order valence-electron chi connectivity index (χ0n) is 13.9. The maximum atomic E-state index is 12.2. The second-order valence-corrected chi connectivity index (χ2v) is 5.25. The van der Waals surface area contributed by atoms with Crippen LogP contribution in [0.15, 0.2) is 29.6 Å². The third-order valence-corrected chi connectivity index (χ3v) is 3.65. The number of urea groups is 1. The molecule has 0 aromatic carbocycles. The van der Waals surface area contributed by atoms with Crippen LogP contribution in [0.1, 0.15) is 30.8 Å². The van der Waals surface area contributed by atoms with E-state index in [2.05, 4.69) is 10.6 Å². The molecule has 1 aliphatic heterocycles. The maximum Gasteiger partial charge on any atom is 0.355 e. The van der Waals surface area contributed by atoms with Crippen LogP contribution >= 0.6 is 0 Å². The molecule has 1 aromatic rings. The van der Waals surface area contributed by atoms with Crippen molar-refractivity contribution in [3.63, 3.8) is 0 Å². The van der Waals surface area contributed by atoms with E-state index in [9.17, 15) is 14.4 Å². The number of hydrogen-bond acceptors (Lipinski definition) is 5. The van der Waals surface area contributed by atoms with Crippen molar-refractivity contribution in [3.8, 4) is 0 Å². The molecule has 1 aliphatic rings. The van der Waals surface area contributed by atoms with Crippen molar-refractivity contribution in [2.45, 2.75) is 26.3 Å². The first-order chi connectivity index (χ1) is 11.5. The van der Waals surface area contributed by atoms with Gasteiger partial charge in [-0.05, 0) is 25.5 Å². The topological polar surface area (TPSA) is 98.7 Å². The molecule has 24 heavy (non-hydrogen) atoms. The van der Waals surface area contributed by atoms with Gasteiger partial charge in [-0.15, -0.1) is 0 Å². The normalized spacial score (nSPS) is 17.1. The minimum absolute atomic E-state index is 0.211. The van der Waals surface area contributed by atoms with Crippen molar-refractivity contribution < 1.29 is 23.9 Å². The molecule has 0 aliphatic carbocycles. The Morgan fingerprint density at radius 1 is 1.25 bits per heavy atom. The van der Waals surface area contributed by atoms with E-state index in [4.69, 9.17) is 9.47 Å². The molecule has 8 heteroatoms. The number of esters is 2. The van der Waals surface area contributed by atoms with Crippen LogP contribution in [0.25, 0.3) is 0 Å². The quantitative estimate of drug-likeness (QED) is 0.758. The molecule has 0 saturated heterocycles. The molecule has 0 bridgehead atoms. The van der Waals surface area contributed by atoms with Crippen LogP contribution in [0.2, 0.25) is 0 Å². The van der Waals surface area contributed by atoms with Gasteiger partial charge in [0.25, 0.3) is 0 Å². The van der Waals surface area contributed by atoms with Crippen molar-refractivity contribution in [3.05, 3.63) is 35.3 Å². The highest BCUT2D eigenvalue weighted by atomic mass is 16.5. The van der Waals surface area contributed by atoms with Crippen molar-refractivity contribution in [1.82, 2.24) is 15.2 Å². The fourth-order valence-corrected chi connectivity index (χ4v) is 2.46. The minimum Gasteiger partial charge on any atom is -0.463 e. The van der Waals surface area contributed by atoms with Gasteiger partial charge in [0, 0.05) is 13.2 Å². The molecule has 2 amide bonds. The Morgan fingerprint density at radius 2 is 2.00 bits per heavy atom. The van der Waals surface area contributed by atoms with Gasteiger partial charge in [0.1, 0.15) is 12.3 Å². The van der Waals surface area contributed by atoms with E-state index < -0.39 is 24.0 Å². The molecule has 2 N–H and O–H groups in total. The van der Waals surface area contributed by atoms with Crippen LogP contribution in [-0.4, -0.2) is 41.8 Å². The highest BCUT2D eigenvalue weighted by Crippen LogP contribution is 2.17. The standard InChI is InChI=1S/C16H21N3O5/c1-4-10-13(15(21)23-5-2)11(18-16(22)17-10)9-24-14(20)12-7-6-8-19(12)3/h6-8,10H,4-5,9H2,1-3H3,(H2,17,18,22). The van der Waals surface area contributed by atoms with E-state index in [1.165, 1.54) is 0 Å². The fourth-order valence-electron chi connectivity index (χ4n) is 2.46. The number of rotatable bonds is 6. The highest BCUT2D eigenvalue weighted by Gasteiger charge is 2.32. The van der Waals surface area contributed by atoms with Crippen molar-refractivity contribution in [2.24, 2.45) is 7.05 Å². The molecular formula is C16H21N3O5. The van der Waals surface area contributed by atoms with Crippen molar-refractivity contribution >= 4 is 18.0 Å². The van der Waals surface area contributed by atoms with Gasteiger partial charge in [0.2, 0.25) is 0 Å². The summed E-state index contributed by atoms with van der Waals surface area (Å²) in [4.78, 5) is 36.0. The van der Waals surface area contributed by atoms with Crippen LogP contribution in [-0.2, 0) is 21.3 Å². The predicted molar refractivity (Wildman–Crippen MR) is 85.1 cm³/mol. The third kappa shape index (κ3) is 3.76. The Kier molecular flexibility index (Phi) is 5.62. The van der Waals surface area contributed by atoms with Crippen LogP contribution in [0.5, 0.6) is 0 Å². The average Bonchev–Trinajstić information content (AvgIpc) is 2.98. The minimum atomic E-state index is -0.543. The van der Waals surface area contributed by atoms with E-state index >= 15 is 0 Å². The number of carbonyl (C=O) groups is 3. The number of nitrogens with zero attached hydrogens (tertiary/aromatic N) is 1. The number of nitrogens with one attached hydrogen (secondary N) is 2. The van der Waals surface area contributed by atoms with E-state index in [1.54, 1.807) is 36.9 Å². The molecule has 1 unspecified atom stereocenters. The van der Waals surface area contributed by atoms with E-state index in [1.807, 2.05) is 6.92 Å². The molecule has 1 atom stereocenters. The van der Waals surface area contributed by atoms with Gasteiger partial charge < -0.3 is 24.7 Å². The summed E-state index contributed by atoms with van der Waals surface area (Å²) in [6.45, 7) is 3.53. The van der Waals surface area contributed by atoms with Crippen molar-refractivity contribution in [2.75, 3.05) is 13.2 Å². The third-order valence-electron chi connectivity index (χ3n) is 3.65. The lowest BCUT2D eigenvalue weighted by atomic mass is 10.0. The Labute approximate surface area is 139 Å². The summed E-state index contributed by atoms with van der Waals surface area (Å²) in [5.41, 5.74) is 0.894. The lowest BCUT2D eigenvalue weighted by molar-refractivity contribution is -0.139. The summed E-state index contributed by atoms with van der Waals surface area (Å²) >= 11 is 0. The second-order valence-electron chi connectivity index (χ2n) is 5.25. The van der Waals surface area contributed by atoms with Gasteiger partial charge in [-0.3, -0.25) is 0 Å². The number of aryl methyl sites for hydroxylation is 1. The average molecular weight is 335 g/mol. The maximum absolute atomic E-state index is 12.2. The molecule has 0 fully saturated rings. The molecule has 1 aromatic heterocycles. The summed E-state index contributed by atoms with van der Waals surface area (Å²) in [6.07, 6.45) is 2.23. The zero-order valence-corrected chi connectivity index (χ0v) is 13.9. The fraction of sp³-hybridized carbons (Fsp3) is 0.438. The van der Waals surface area contributed by atoms with Gasteiger partial charge in [0.05, 0.1) is 23.9 Å². The first-order valence-electron chi connectivity index (χ1n) is 7.74. The van der Waals surface area contributed by atoms with Gasteiger partial charge in [-0.25, -0.2) is 14.4 Å². The monoisotopic (exact) mass is 335 g/mol. The molecule has 2 heterocycles. The molecule has 130 valence electrons. The number of aromatic nitrogens is 1. The van der Waals surface area contributed by atoms with Crippen LogP contribution in [0.3, 0.4) is 0 Å². The summed E-state index contributed by atoms with van der Waals surface area (Å²) in [7, 11) is 1.72. The van der Waals surface area contributed by atoms with Crippen LogP contribution in [0, 0.1) is 0 Å². The SMILES string of the molecule is CCOC(=O)C1=C(COC(=O)c2cccn2C)NC(=O)NC1CC. The zero-order chi connectivity index (χ0) is 17.7. The number of carbonyl (C=O) groups excluding carboxylic acids is 3. The lowest BCUT2D eigenvalue weighted by Gasteiger charge is -2.28. The Balaban J connectivity index is 2.21. The molecular weight excluding hydrogens is 314 g/mol. The lowest BCUT2D eigenvalue weighted by Crippen LogP contribution is -2.51. The molecule has 2 rings (SSSR count). The predicted octanol–water partition coefficient (Wildman–Crippen LogP) is 1.09. The van der Waals surface area contributed by atoms with E-state index in [0.29, 0.717) is 12.1 Å². The van der Waals surface area contributed by atoms with Crippen LogP contribution in [0.4, 0.5) is 4.79 Å². The largest absolute Gasteiger partial charge is 0.463 e.